The quantitative estimate of drug-likeness (QED) is 0.904. The molecule has 0 saturated heterocycles. The van der Waals surface area contributed by atoms with Crippen LogP contribution in [0.15, 0.2) is 46.2 Å². The fourth-order valence-electron chi connectivity index (χ4n) is 1.50. The van der Waals surface area contributed by atoms with Crippen molar-refractivity contribution in [2.45, 2.75) is 11.8 Å². The van der Waals surface area contributed by atoms with Gasteiger partial charge in [0, 0.05) is 5.56 Å². The fourth-order valence-corrected chi connectivity index (χ4v) is 2.36. The summed E-state index contributed by atoms with van der Waals surface area (Å²) in [6.45, 7) is 1.49. The van der Waals surface area contributed by atoms with Crippen LogP contribution >= 0.6 is 0 Å². The third-order valence-electron chi connectivity index (χ3n) is 2.53. The number of hydrogen-bond donors (Lipinski definition) is 1. The SMILES string of the molecule is CCS(=O)(=O)c1cnc(-c2ccccc2)[nH]c1=O. The van der Waals surface area contributed by atoms with Crippen LogP contribution < -0.4 is 5.56 Å². The first kappa shape index (κ1) is 12.5. The van der Waals surface area contributed by atoms with Crippen LogP contribution in [0.25, 0.3) is 11.4 Å². The Labute approximate surface area is 104 Å². The molecule has 1 N–H and O–H groups in total. The molecule has 1 aromatic heterocycles. The molecule has 2 rings (SSSR count). The minimum atomic E-state index is -3.53. The maximum atomic E-state index is 11.7. The molecule has 2 aromatic rings. The van der Waals surface area contributed by atoms with Crippen LogP contribution in [0, 0.1) is 0 Å². The van der Waals surface area contributed by atoms with Gasteiger partial charge in [0.15, 0.2) is 14.7 Å². The summed E-state index contributed by atoms with van der Waals surface area (Å²) < 4.78 is 23.2. The molecule has 1 heterocycles. The molecule has 0 atom stereocenters. The maximum Gasteiger partial charge on any atom is 0.269 e. The van der Waals surface area contributed by atoms with E-state index in [0.29, 0.717) is 5.82 Å². The molecular weight excluding hydrogens is 252 g/mol. The highest BCUT2D eigenvalue weighted by Gasteiger charge is 2.17. The van der Waals surface area contributed by atoms with Crippen LogP contribution in [0.3, 0.4) is 0 Å². The van der Waals surface area contributed by atoms with Crippen LogP contribution in [-0.4, -0.2) is 24.1 Å². The first-order valence-corrected chi connectivity index (χ1v) is 7.07. The summed E-state index contributed by atoms with van der Waals surface area (Å²) in [6, 6.07) is 9.04. The van der Waals surface area contributed by atoms with Crippen LogP contribution in [0.1, 0.15) is 6.92 Å². The Bertz CT molecular complexity index is 706. The Balaban J connectivity index is 2.54. The van der Waals surface area contributed by atoms with Gasteiger partial charge in [0.1, 0.15) is 5.82 Å². The number of hydrogen-bond acceptors (Lipinski definition) is 4. The van der Waals surface area contributed by atoms with E-state index >= 15 is 0 Å². The molecule has 0 aliphatic heterocycles. The van der Waals surface area contributed by atoms with Gasteiger partial charge in [0.2, 0.25) is 0 Å². The summed E-state index contributed by atoms with van der Waals surface area (Å²) in [7, 11) is -3.53. The Kier molecular flexibility index (Phi) is 3.29. The maximum absolute atomic E-state index is 11.7. The number of nitrogens with one attached hydrogen (secondary N) is 1. The standard InChI is InChI=1S/C12H12N2O3S/c1-2-18(16,17)10-8-13-11(14-12(10)15)9-6-4-3-5-7-9/h3-8H,2H2,1H3,(H,13,14,15). The predicted octanol–water partition coefficient (Wildman–Crippen LogP) is 1.23. The van der Waals surface area contributed by atoms with E-state index in [1.165, 1.54) is 6.92 Å². The van der Waals surface area contributed by atoms with Gasteiger partial charge < -0.3 is 4.98 Å². The van der Waals surface area contributed by atoms with Gasteiger partial charge in [-0.05, 0) is 0 Å². The molecule has 0 saturated carbocycles. The van der Waals surface area contributed by atoms with E-state index in [0.717, 1.165) is 11.8 Å². The molecule has 6 heteroatoms. The topological polar surface area (TPSA) is 79.9 Å². The van der Waals surface area contributed by atoms with Crippen molar-refractivity contribution >= 4 is 9.84 Å². The van der Waals surface area contributed by atoms with Gasteiger partial charge in [-0.15, -0.1) is 0 Å². The number of H-pyrrole nitrogens is 1. The minimum absolute atomic E-state index is 0.123. The third-order valence-corrected chi connectivity index (χ3v) is 4.25. The zero-order chi connectivity index (χ0) is 13.2. The molecule has 1 aromatic carbocycles. The highest BCUT2D eigenvalue weighted by atomic mass is 32.2. The van der Waals surface area contributed by atoms with Gasteiger partial charge in [-0.1, -0.05) is 37.3 Å². The lowest BCUT2D eigenvalue weighted by Gasteiger charge is -2.03. The third kappa shape index (κ3) is 2.33. The number of aromatic amines is 1. The lowest BCUT2D eigenvalue weighted by molar-refractivity contribution is 0.595. The second-order valence-corrected chi connectivity index (χ2v) is 5.94. The zero-order valence-corrected chi connectivity index (χ0v) is 10.6. The summed E-state index contributed by atoms with van der Waals surface area (Å²) in [5.41, 5.74) is 0.0979. The van der Waals surface area contributed by atoms with E-state index in [4.69, 9.17) is 0 Å². The van der Waals surface area contributed by atoms with Crippen molar-refractivity contribution in [1.82, 2.24) is 9.97 Å². The molecule has 0 amide bonds. The van der Waals surface area contributed by atoms with Crippen molar-refractivity contribution in [3.63, 3.8) is 0 Å². The van der Waals surface area contributed by atoms with Crippen LogP contribution in [0.2, 0.25) is 0 Å². The average molecular weight is 264 g/mol. The first-order valence-electron chi connectivity index (χ1n) is 5.42. The van der Waals surface area contributed by atoms with E-state index in [-0.39, 0.29) is 10.6 Å². The van der Waals surface area contributed by atoms with Gasteiger partial charge in [0.25, 0.3) is 5.56 Å². The Hall–Kier alpha value is -1.95. The number of sulfone groups is 1. The van der Waals surface area contributed by atoms with Crippen LogP contribution in [0.4, 0.5) is 0 Å². The molecule has 0 spiro atoms. The van der Waals surface area contributed by atoms with Gasteiger partial charge >= 0.3 is 0 Å². The highest BCUT2D eigenvalue weighted by Crippen LogP contribution is 2.13. The van der Waals surface area contributed by atoms with Gasteiger partial charge in [-0.25, -0.2) is 13.4 Å². The normalized spacial score (nSPS) is 11.4. The largest absolute Gasteiger partial charge is 0.305 e. The summed E-state index contributed by atoms with van der Waals surface area (Å²) in [4.78, 5) is 17.9. The fraction of sp³-hybridized carbons (Fsp3) is 0.167. The van der Waals surface area contributed by atoms with E-state index in [1.54, 1.807) is 12.1 Å². The van der Waals surface area contributed by atoms with Crippen molar-refractivity contribution in [3.8, 4) is 11.4 Å². The second-order valence-electron chi connectivity index (χ2n) is 3.69. The number of nitrogens with zero attached hydrogens (tertiary/aromatic N) is 1. The number of benzene rings is 1. The Morgan fingerprint density at radius 3 is 2.44 bits per heavy atom. The van der Waals surface area contributed by atoms with Gasteiger partial charge in [-0.3, -0.25) is 4.79 Å². The van der Waals surface area contributed by atoms with Crippen molar-refractivity contribution in [2.24, 2.45) is 0 Å². The monoisotopic (exact) mass is 264 g/mol. The van der Waals surface area contributed by atoms with E-state index < -0.39 is 15.4 Å². The lowest BCUT2D eigenvalue weighted by atomic mass is 10.2. The predicted molar refractivity (Wildman–Crippen MR) is 68.0 cm³/mol. The van der Waals surface area contributed by atoms with Gasteiger partial charge in [-0.2, -0.15) is 0 Å². The van der Waals surface area contributed by atoms with Crippen molar-refractivity contribution in [1.29, 1.82) is 0 Å². The average Bonchev–Trinajstić information content (AvgIpc) is 2.39. The van der Waals surface area contributed by atoms with Crippen LogP contribution in [-0.2, 0) is 9.84 Å². The molecule has 0 unspecified atom stereocenters. The zero-order valence-electron chi connectivity index (χ0n) is 9.75. The lowest BCUT2D eigenvalue weighted by Crippen LogP contribution is -2.20. The smallest absolute Gasteiger partial charge is 0.269 e. The molecular formula is C12H12N2O3S. The van der Waals surface area contributed by atoms with Crippen molar-refractivity contribution in [2.75, 3.05) is 5.75 Å². The summed E-state index contributed by atoms with van der Waals surface area (Å²) in [6.07, 6.45) is 1.11. The van der Waals surface area contributed by atoms with Crippen molar-refractivity contribution in [3.05, 3.63) is 46.9 Å². The van der Waals surface area contributed by atoms with Gasteiger partial charge in [0.05, 0.1) is 11.9 Å². The summed E-state index contributed by atoms with van der Waals surface area (Å²) >= 11 is 0. The van der Waals surface area contributed by atoms with E-state index in [1.807, 2.05) is 18.2 Å². The first-order chi connectivity index (χ1) is 8.54. The number of rotatable bonds is 3. The molecule has 18 heavy (non-hydrogen) atoms. The highest BCUT2D eigenvalue weighted by molar-refractivity contribution is 7.91. The Morgan fingerprint density at radius 1 is 1.22 bits per heavy atom. The Morgan fingerprint density at radius 2 is 1.89 bits per heavy atom. The summed E-state index contributed by atoms with van der Waals surface area (Å²) in [5.74, 6) is 0.235. The summed E-state index contributed by atoms with van der Waals surface area (Å²) in [5, 5.41) is 0. The molecule has 0 radical (unpaired) electrons. The van der Waals surface area contributed by atoms with E-state index in [9.17, 15) is 13.2 Å². The van der Waals surface area contributed by atoms with Crippen molar-refractivity contribution < 1.29 is 8.42 Å². The molecule has 0 bridgehead atoms. The molecule has 0 aliphatic carbocycles. The molecule has 94 valence electrons. The molecule has 0 fully saturated rings. The second kappa shape index (κ2) is 4.73. The van der Waals surface area contributed by atoms with Crippen LogP contribution in [0.5, 0.6) is 0 Å². The molecule has 0 aliphatic rings. The minimum Gasteiger partial charge on any atom is -0.305 e. The number of aromatic nitrogens is 2. The van der Waals surface area contributed by atoms with E-state index in [2.05, 4.69) is 9.97 Å². The molecule has 5 nitrogen and oxygen atoms in total.